The van der Waals surface area contributed by atoms with Crippen LogP contribution in [0.2, 0.25) is 0 Å². The van der Waals surface area contributed by atoms with Gasteiger partial charge in [0, 0.05) is 12.5 Å². The molecule has 2 rings (SSSR count). The van der Waals surface area contributed by atoms with E-state index in [1.807, 2.05) is 6.92 Å². The minimum Gasteiger partial charge on any atom is -0.494 e. The quantitative estimate of drug-likeness (QED) is 0.563. The molecule has 0 saturated heterocycles. The number of hydrogen-bond donors (Lipinski definition) is 0. The van der Waals surface area contributed by atoms with E-state index < -0.39 is 12.0 Å². The van der Waals surface area contributed by atoms with Crippen LogP contribution in [0.25, 0.3) is 0 Å². The van der Waals surface area contributed by atoms with Crippen LogP contribution in [0.1, 0.15) is 19.8 Å². The maximum absolute atomic E-state index is 12.9. The molecule has 71 valence electrons. The Hall–Kier alpha value is -0.860. The van der Waals surface area contributed by atoms with Crippen molar-refractivity contribution in [1.29, 1.82) is 0 Å². The second kappa shape index (κ2) is 3.13. The summed E-state index contributed by atoms with van der Waals surface area (Å²) in [6.45, 7) is 2.62. The first-order chi connectivity index (χ1) is 6.18. The average molecular weight is 185 g/mol. The van der Waals surface area contributed by atoms with Gasteiger partial charge >= 0.3 is 0 Å². The highest BCUT2D eigenvalue weighted by Crippen LogP contribution is 2.39. The van der Waals surface area contributed by atoms with Crippen molar-refractivity contribution in [2.75, 3.05) is 6.61 Å². The predicted molar refractivity (Wildman–Crippen MR) is 44.9 cm³/mol. The number of rotatable bonds is 0. The first kappa shape index (κ1) is 8.73. The van der Waals surface area contributed by atoms with Gasteiger partial charge in [-0.15, -0.1) is 0 Å². The van der Waals surface area contributed by atoms with Crippen molar-refractivity contribution in [1.82, 2.24) is 0 Å². The molecule has 1 radical (unpaired) electrons. The van der Waals surface area contributed by atoms with Gasteiger partial charge in [0.25, 0.3) is 0 Å². The van der Waals surface area contributed by atoms with Crippen molar-refractivity contribution >= 4 is 0 Å². The summed E-state index contributed by atoms with van der Waals surface area (Å²) in [5.41, 5.74) is 0.894. The summed E-state index contributed by atoms with van der Waals surface area (Å²) in [6, 6.07) is 0. The SMILES string of the molecule is C[C@H]1CCOC2=C1C[C](F)C(F)=C2. The fraction of sp³-hybridized carbons (Fsp3) is 0.500. The molecule has 1 atom stereocenters. The predicted octanol–water partition coefficient (Wildman–Crippen LogP) is 3.06. The van der Waals surface area contributed by atoms with E-state index in [4.69, 9.17) is 4.74 Å². The minimum atomic E-state index is -0.784. The lowest BCUT2D eigenvalue weighted by molar-refractivity contribution is 0.172. The van der Waals surface area contributed by atoms with Gasteiger partial charge in [-0.3, -0.25) is 0 Å². The molecule has 2 aliphatic rings. The van der Waals surface area contributed by atoms with Crippen LogP contribution in [0.4, 0.5) is 8.78 Å². The van der Waals surface area contributed by atoms with Gasteiger partial charge in [-0.05, 0) is 17.9 Å². The molecule has 0 bridgehead atoms. The lowest BCUT2D eigenvalue weighted by Gasteiger charge is -2.28. The second-order valence-corrected chi connectivity index (χ2v) is 3.50. The molecule has 1 aliphatic heterocycles. The highest BCUT2D eigenvalue weighted by Gasteiger charge is 2.30. The summed E-state index contributed by atoms with van der Waals surface area (Å²) in [4.78, 5) is 0. The molecular formula is C10H11F2O. The van der Waals surface area contributed by atoms with E-state index in [-0.39, 0.29) is 6.42 Å². The van der Waals surface area contributed by atoms with Crippen molar-refractivity contribution in [2.45, 2.75) is 19.8 Å². The first-order valence-corrected chi connectivity index (χ1v) is 4.43. The van der Waals surface area contributed by atoms with Crippen molar-refractivity contribution in [2.24, 2.45) is 5.92 Å². The molecule has 0 aromatic carbocycles. The summed E-state index contributed by atoms with van der Waals surface area (Å²) in [5.74, 6) is 0.0596. The third kappa shape index (κ3) is 1.47. The standard InChI is InChI=1S/C10H11F2O/c1-6-2-3-13-10-5-9(12)8(11)4-7(6)10/h5-6H,2-4H2,1H3/t6-/m0/s1. The number of ether oxygens (including phenoxy) is 1. The van der Waals surface area contributed by atoms with Crippen LogP contribution in [0.3, 0.4) is 0 Å². The normalized spacial score (nSPS) is 29.5. The Morgan fingerprint density at radius 3 is 3.00 bits per heavy atom. The molecular weight excluding hydrogens is 174 g/mol. The average Bonchev–Trinajstić information content (AvgIpc) is 2.09. The molecule has 1 heterocycles. The highest BCUT2D eigenvalue weighted by molar-refractivity contribution is 5.37. The van der Waals surface area contributed by atoms with Gasteiger partial charge in [-0.25, -0.2) is 8.78 Å². The Labute approximate surface area is 76.1 Å². The summed E-state index contributed by atoms with van der Waals surface area (Å²) in [7, 11) is 0. The molecule has 1 nitrogen and oxygen atoms in total. The van der Waals surface area contributed by atoms with E-state index >= 15 is 0 Å². The third-order valence-electron chi connectivity index (χ3n) is 2.58. The highest BCUT2D eigenvalue weighted by atomic mass is 19.2. The van der Waals surface area contributed by atoms with Crippen molar-refractivity contribution in [3.8, 4) is 0 Å². The van der Waals surface area contributed by atoms with E-state index in [1.54, 1.807) is 0 Å². The molecule has 0 aromatic heterocycles. The van der Waals surface area contributed by atoms with Crippen LogP contribution >= 0.6 is 0 Å². The van der Waals surface area contributed by atoms with Gasteiger partial charge in [0.2, 0.25) is 6.17 Å². The molecule has 13 heavy (non-hydrogen) atoms. The molecule has 0 spiro atoms. The lowest BCUT2D eigenvalue weighted by Crippen LogP contribution is -2.18. The Morgan fingerprint density at radius 2 is 2.23 bits per heavy atom. The second-order valence-electron chi connectivity index (χ2n) is 3.50. The van der Waals surface area contributed by atoms with E-state index in [0.29, 0.717) is 18.3 Å². The van der Waals surface area contributed by atoms with Gasteiger partial charge < -0.3 is 4.74 Å². The molecule has 3 heteroatoms. The van der Waals surface area contributed by atoms with E-state index in [2.05, 4.69) is 0 Å². The zero-order chi connectivity index (χ0) is 9.42. The Bertz CT molecular complexity index is 281. The van der Waals surface area contributed by atoms with Crippen LogP contribution < -0.4 is 0 Å². The number of hydrogen-bond acceptors (Lipinski definition) is 1. The summed E-state index contributed by atoms with van der Waals surface area (Å²) < 4.78 is 31.0. The van der Waals surface area contributed by atoms with Crippen molar-refractivity contribution < 1.29 is 13.5 Å². The van der Waals surface area contributed by atoms with Gasteiger partial charge in [0.1, 0.15) is 11.6 Å². The van der Waals surface area contributed by atoms with Crippen LogP contribution in [0.5, 0.6) is 0 Å². The zero-order valence-corrected chi connectivity index (χ0v) is 7.44. The topological polar surface area (TPSA) is 9.23 Å². The van der Waals surface area contributed by atoms with Crippen molar-refractivity contribution in [3.63, 3.8) is 0 Å². The van der Waals surface area contributed by atoms with Crippen LogP contribution in [-0.2, 0) is 4.74 Å². The maximum atomic E-state index is 12.9. The Balaban J connectivity index is 2.32. The molecule has 1 aliphatic carbocycles. The fourth-order valence-electron chi connectivity index (χ4n) is 1.70. The lowest BCUT2D eigenvalue weighted by atomic mass is 9.87. The van der Waals surface area contributed by atoms with Crippen LogP contribution in [0, 0.1) is 12.1 Å². The van der Waals surface area contributed by atoms with Crippen LogP contribution in [0.15, 0.2) is 23.2 Å². The van der Waals surface area contributed by atoms with Gasteiger partial charge in [0.05, 0.1) is 6.61 Å². The van der Waals surface area contributed by atoms with Gasteiger partial charge in [0.15, 0.2) is 0 Å². The van der Waals surface area contributed by atoms with E-state index in [0.717, 1.165) is 18.1 Å². The summed E-state index contributed by atoms with van der Waals surface area (Å²) >= 11 is 0. The van der Waals surface area contributed by atoms with Gasteiger partial charge in [-0.2, -0.15) is 0 Å². The molecule has 0 fully saturated rings. The molecule has 0 saturated carbocycles. The molecule has 0 unspecified atom stereocenters. The summed E-state index contributed by atoms with van der Waals surface area (Å²) in [5, 5.41) is 0. The Morgan fingerprint density at radius 1 is 1.46 bits per heavy atom. The van der Waals surface area contributed by atoms with Crippen molar-refractivity contribution in [3.05, 3.63) is 29.4 Å². The third-order valence-corrected chi connectivity index (χ3v) is 2.58. The fourth-order valence-corrected chi connectivity index (χ4v) is 1.70. The molecule has 0 amide bonds. The summed E-state index contributed by atoms with van der Waals surface area (Å²) in [6.07, 6.45) is 1.46. The molecule has 0 aromatic rings. The van der Waals surface area contributed by atoms with E-state index in [1.165, 1.54) is 0 Å². The number of allylic oxidation sites excluding steroid dienone is 3. The minimum absolute atomic E-state index is 0.0822. The first-order valence-electron chi connectivity index (χ1n) is 4.43. The Kier molecular flexibility index (Phi) is 2.10. The maximum Gasteiger partial charge on any atom is 0.206 e. The largest absolute Gasteiger partial charge is 0.494 e. The van der Waals surface area contributed by atoms with Crippen LogP contribution in [-0.4, -0.2) is 6.61 Å². The smallest absolute Gasteiger partial charge is 0.206 e. The zero-order valence-electron chi connectivity index (χ0n) is 7.44. The molecule has 0 N–H and O–H groups in total. The number of halogens is 2. The van der Waals surface area contributed by atoms with E-state index in [9.17, 15) is 8.78 Å². The van der Waals surface area contributed by atoms with Gasteiger partial charge in [-0.1, -0.05) is 6.92 Å². The monoisotopic (exact) mass is 185 g/mol.